The van der Waals surface area contributed by atoms with Crippen LogP contribution < -0.4 is 4.31 Å². The zero-order valence-corrected chi connectivity index (χ0v) is 15.1. The summed E-state index contributed by atoms with van der Waals surface area (Å²) in [5.74, 6) is 0. The largest absolute Gasteiger partial charge is 0.394 e. The molecule has 26 heavy (non-hydrogen) atoms. The standard InChI is InChI=1S/C19H19N3O3S/c1-21-12-18(19(20-21)14-7-3-2-4-8-14)26(24,25)22-16(13-23)11-15-9-5-6-10-17(15)22/h2-10,12,16,23H,11,13H2,1H3/t16-/m1/s1. The van der Waals surface area contributed by atoms with Gasteiger partial charge in [0, 0.05) is 18.8 Å². The number of anilines is 1. The quantitative estimate of drug-likeness (QED) is 0.765. The number of nitrogens with zero attached hydrogens (tertiary/aromatic N) is 3. The van der Waals surface area contributed by atoms with Crippen molar-refractivity contribution in [2.24, 2.45) is 7.05 Å². The van der Waals surface area contributed by atoms with Gasteiger partial charge < -0.3 is 5.11 Å². The molecule has 3 aromatic rings. The van der Waals surface area contributed by atoms with Gasteiger partial charge in [-0.25, -0.2) is 8.42 Å². The predicted octanol–water partition coefficient (Wildman–Crippen LogP) is 2.20. The molecule has 0 saturated carbocycles. The molecule has 2 heterocycles. The number of aliphatic hydroxyl groups is 1. The first kappa shape index (κ1) is 16.8. The number of sulfonamides is 1. The van der Waals surface area contributed by atoms with E-state index < -0.39 is 16.1 Å². The highest BCUT2D eigenvalue weighted by Gasteiger charge is 2.40. The fraction of sp³-hybridized carbons (Fsp3) is 0.211. The predicted molar refractivity (Wildman–Crippen MR) is 99.3 cm³/mol. The number of aryl methyl sites for hydroxylation is 1. The van der Waals surface area contributed by atoms with Crippen LogP contribution >= 0.6 is 0 Å². The van der Waals surface area contributed by atoms with Crippen LogP contribution in [-0.4, -0.2) is 36.0 Å². The van der Waals surface area contributed by atoms with E-state index in [9.17, 15) is 13.5 Å². The molecule has 1 aromatic heterocycles. The Balaban J connectivity index is 1.88. The summed E-state index contributed by atoms with van der Waals surface area (Å²) in [5.41, 5.74) is 2.68. The van der Waals surface area contributed by atoms with Crippen LogP contribution in [0.25, 0.3) is 11.3 Å². The number of para-hydroxylation sites is 1. The van der Waals surface area contributed by atoms with E-state index >= 15 is 0 Å². The van der Waals surface area contributed by atoms with Crippen LogP contribution in [0, 0.1) is 0 Å². The van der Waals surface area contributed by atoms with E-state index in [0.717, 1.165) is 11.1 Å². The lowest BCUT2D eigenvalue weighted by Gasteiger charge is -2.25. The first-order valence-electron chi connectivity index (χ1n) is 8.34. The monoisotopic (exact) mass is 369 g/mol. The molecule has 0 spiro atoms. The lowest BCUT2D eigenvalue weighted by molar-refractivity contribution is 0.270. The lowest BCUT2D eigenvalue weighted by atomic mass is 10.1. The zero-order chi connectivity index (χ0) is 18.3. The van der Waals surface area contributed by atoms with Crippen molar-refractivity contribution in [1.82, 2.24) is 9.78 Å². The molecule has 1 aliphatic heterocycles. The van der Waals surface area contributed by atoms with Gasteiger partial charge in [-0.3, -0.25) is 8.99 Å². The summed E-state index contributed by atoms with van der Waals surface area (Å²) in [7, 11) is -2.18. The van der Waals surface area contributed by atoms with Crippen LogP contribution in [0.5, 0.6) is 0 Å². The molecular weight excluding hydrogens is 350 g/mol. The zero-order valence-electron chi connectivity index (χ0n) is 14.3. The maximum atomic E-state index is 13.5. The molecule has 134 valence electrons. The molecule has 0 aliphatic carbocycles. The van der Waals surface area contributed by atoms with Crippen LogP contribution in [-0.2, 0) is 23.5 Å². The molecule has 2 aromatic carbocycles. The van der Waals surface area contributed by atoms with Crippen LogP contribution in [0.15, 0.2) is 65.7 Å². The topological polar surface area (TPSA) is 75.4 Å². The van der Waals surface area contributed by atoms with Crippen molar-refractivity contribution in [3.05, 3.63) is 66.4 Å². The van der Waals surface area contributed by atoms with Gasteiger partial charge in [0.1, 0.15) is 10.6 Å². The molecule has 0 radical (unpaired) electrons. The summed E-state index contributed by atoms with van der Waals surface area (Å²) in [6, 6.07) is 16.1. The smallest absolute Gasteiger partial charge is 0.268 e. The van der Waals surface area contributed by atoms with E-state index in [-0.39, 0.29) is 11.5 Å². The Morgan fingerprint density at radius 3 is 2.54 bits per heavy atom. The SMILES string of the molecule is Cn1cc(S(=O)(=O)N2c3ccccc3C[C@@H]2CO)c(-c2ccccc2)n1. The average Bonchev–Trinajstić information content (AvgIpc) is 3.23. The Kier molecular flexibility index (Phi) is 4.05. The Hall–Kier alpha value is -2.64. The number of hydrogen-bond acceptors (Lipinski definition) is 4. The lowest BCUT2D eigenvalue weighted by Crippen LogP contribution is -2.40. The summed E-state index contributed by atoms with van der Waals surface area (Å²) in [6.07, 6.45) is 2.01. The Bertz CT molecular complexity index is 1040. The molecule has 0 bridgehead atoms. The fourth-order valence-electron chi connectivity index (χ4n) is 3.45. The van der Waals surface area contributed by atoms with Crippen molar-refractivity contribution < 1.29 is 13.5 Å². The van der Waals surface area contributed by atoms with E-state index in [1.165, 1.54) is 15.2 Å². The minimum absolute atomic E-state index is 0.140. The number of rotatable bonds is 4. The number of benzene rings is 2. The van der Waals surface area contributed by atoms with Crippen molar-refractivity contribution >= 4 is 15.7 Å². The molecule has 1 N–H and O–H groups in total. The Labute approximate surface area is 152 Å². The number of hydrogen-bond donors (Lipinski definition) is 1. The summed E-state index contributed by atoms with van der Waals surface area (Å²) < 4.78 is 29.9. The number of fused-ring (bicyclic) bond motifs is 1. The second-order valence-corrected chi connectivity index (χ2v) is 8.14. The second-order valence-electron chi connectivity index (χ2n) is 6.35. The van der Waals surface area contributed by atoms with Crippen LogP contribution in [0.4, 0.5) is 5.69 Å². The fourth-order valence-corrected chi connectivity index (χ4v) is 5.33. The van der Waals surface area contributed by atoms with Crippen molar-refractivity contribution in [2.75, 3.05) is 10.9 Å². The van der Waals surface area contributed by atoms with E-state index in [0.29, 0.717) is 17.8 Å². The second kappa shape index (κ2) is 6.26. The molecule has 0 unspecified atom stereocenters. The van der Waals surface area contributed by atoms with E-state index in [1.54, 1.807) is 13.1 Å². The highest BCUT2D eigenvalue weighted by Crippen LogP contribution is 2.38. The van der Waals surface area contributed by atoms with Crippen molar-refractivity contribution in [2.45, 2.75) is 17.4 Å². The normalized spacial score (nSPS) is 16.7. The molecule has 1 aliphatic rings. The Morgan fingerprint density at radius 1 is 1.12 bits per heavy atom. The van der Waals surface area contributed by atoms with Gasteiger partial charge in [-0.2, -0.15) is 5.10 Å². The van der Waals surface area contributed by atoms with Crippen LogP contribution in [0.3, 0.4) is 0 Å². The van der Waals surface area contributed by atoms with Crippen LogP contribution in [0.1, 0.15) is 5.56 Å². The van der Waals surface area contributed by atoms with Gasteiger partial charge in [0.2, 0.25) is 0 Å². The molecular formula is C19H19N3O3S. The molecule has 0 saturated heterocycles. The average molecular weight is 369 g/mol. The minimum Gasteiger partial charge on any atom is -0.394 e. The molecule has 0 fully saturated rings. The molecule has 6 nitrogen and oxygen atoms in total. The third kappa shape index (κ3) is 2.60. The summed E-state index contributed by atoms with van der Waals surface area (Å²) in [6.45, 7) is -0.241. The van der Waals surface area contributed by atoms with Crippen LogP contribution in [0.2, 0.25) is 0 Å². The maximum absolute atomic E-state index is 13.5. The highest BCUT2D eigenvalue weighted by molar-refractivity contribution is 7.93. The summed E-state index contributed by atoms with van der Waals surface area (Å²) in [4.78, 5) is 0.140. The Morgan fingerprint density at radius 2 is 1.81 bits per heavy atom. The third-order valence-electron chi connectivity index (χ3n) is 4.61. The highest BCUT2D eigenvalue weighted by atomic mass is 32.2. The first-order chi connectivity index (χ1) is 12.5. The van der Waals surface area contributed by atoms with E-state index in [4.69, 9.17) is 0 Å². The van der Waals surface area contributed by atoms with Crippen molar-refractivity contribution in [3.63, 3.8) is 0 Å². The summed E-state index contributed by atoms with van der Waals surface area (Å²) >= 11 is 0. The van der Waals surface area contributed by atoms with Gasteiger partial charge in [-0.05, 0) is 18.1 Å². The molecule has 7 heteroatoms. The maximum Gasteiger partial charge on any atom is 0.268 e. The van der Waals surface area contributed by atoms with E-state index in [1.807, 2.05) is 48.5 Å². The first-order valence-corrected chi connectivity index (χ1v) is 9.78. The van der Waals surface area contributed by atoms with Gasteiger partial charge in [0.15, 0.2) is 0 Å². The van der Waals surface area contributed by atoms with Gasteiger partial charge in [-0.1, -0.05) is 48.5 Å². The minimum atomic E-state index is -3.88. The molecule has 4 rings (SSSR count). The molecule has 0 amide bonds. The molecule has 1 atom stereocenters. The van der Waals surface area contributed by atoms with Gasteiger partial charge in [0.25, 0.3) is 10.0 Å². The third-order valence-corrected chi connectivity index (χ3v) is 6.47. The number of aliphatic hydroxyl groups excluding tert-OH is 1. The van der Waals surface area contributed by atoms with Crippen molar-refractivity contribution in [1.29, 1.82) is 0 Å². The van der Waals surface area contributed by atoms with Gasteiger partial charge in [-0.15, -0.1) is 0 Å². The number of aromatic nitrogens is 2. The van der Waals surface area contributed by atoms with Crippen molar-refractivity contribution in [3.8, 4) is 11.3 Å². The summed E-state index contributed by atoms with van der Waals surface area (Å²) in [5, 5.41) is 14.2. The van der Waals surface area contributed by atoms with E-state index in [2.05, 4.69) is 5.10 Å². The van der Waals surface area contributed by atoms with Gasteiger partial charge in [0.05, 0.1) is 18.3 Å². The van der Waals surface area contributed by atoms with Gasteiger partial charge >= 0.3 is 0 Å².